The maximum atomic E-state index is 12.6. The fraction of sp³-hybridized carbons (Fsp3) is 0.562. The Morgan fingerprint density at radius 2 is 2.39 bits per heavy atom. The first-order chi connectivity index (χ1) is 11.2. The van der Waals surface area contributed by atoms with E-state index in [0.29, 0.717) is 25.5 Å². The Bertz CT molecular complexity index is 729. The number of aromatic nitrogens is 4. The van der Waals surface area contributed by atoms with Crippen molar-refractivity contribution < 1.29 is 9.53 Å². The molecule has 2 aliphatic rings. The van der Waals surface area contributed by atoms with Gasteiger partial charge in [0.1, 0.15) is 0 Å². The van der Waals surface area contributed by atoms with Gasteiger partial charge < -0.3 is 10.1 Å². The highest BCUT2D eigenvalue weighted by molar-refractivity contribution is 5.94. The lowest BCUT2D eigenvalue weighted by molar-refractivity contribution is 0.0922. The molecule has 23 heavy (non-hydrogen) atoms. The lowest BCUT2D eigenvalue weighted by atomic mass is 10.1. The van der Waals surface area contributed by atoms with Gasteiger partial charge in [0, 0.05) is 42.0 Å². The third-order valence-electron chi connectivity index (χ3n) is 4.61. The zero-order valence-corrected chi connectivity index (χ0v) is 13.3. The first kappa shape index (κ1) is 14.4. The highest BCUT2D eigenvalue weighted by Gasteiger charge is 2.29. The summed E-state index contributed by atoms with van der Waals surface area (Å²) in [6, 6.07) is 0. The molecule has 0 aromatic carbocycles. The van der Waals surface area contributed by atoms with Gasteiger partial charge in [-0.05, 0) is 25.7 Å². The highest BCUT2D eigenvalue weighted by atomic mass is 16.5. The van der Waals surface area contributed by atoms with Gasteiger partial charge in [-0.1, -0.05) is 0 Å². The first-order valence-corrected chi connectivity index (χ1v) is 8.15. The fourth-order valence-corrected chi connectivity index (χ4v) is 3.00. The van der Waals surface area contributed by atoms with Crippen LogP contribution in [0.1, 0.15) is 45.8 Å². The molecule has 2 N–H and O–H groups in total. The maximum Gasteiger partial charge on any atom is 0.272 e. The molecule has 4 rings (SSSR count). The average molecular weight is 315 g/mol. The summed E-state index contributed by atoms with van der Waals surface area (Å²) in [6.07, 6.45) is 5.11. The number of H-pyrrole nitrogens is 1. The number of carbonyl (C=O) groups is 1. The molecule has 0 radical (unpaired) electrons. The van der Waals surface area contributed by atoms with Crippen molar-refractivity contribution in [1.29, 1.82) is 0 Å². The molecule has 1 aliphatic heterocycles. The number of aromatic amines is 1. The zero-order chi connectivity index (χ0) is 15.8. The molecule has 0 atom stereocenters. The minimum atomic E-state index is -0.137. The topological polar surface area (TPSA) is 84.8 Å². The van der Waals surface area contributed by atoms with Crippen molar-refractivity contribution in [1.82, 2.24) is 25.3 Å². The number of rotatable bonds is 5. The molecule has 0 unspecified atom stereocenters. The summed E-state index contributed by atoms with van der Waals surface area (Å²) in [5.74, 6) is 0.591. The second-order valence-electron chi connectivity index (χ2n) is 6.40. The molecule has 1 saturated carbocycles. The molecule has 122 valence electrons. The number of aryl methyl sites for hydroxylation is 1. The molecule has 3 heterocycles. The van der Waals surface area contributed by atoms with Gasteiger partial charge in [-0.25, -0.2) is 0 Å². The SMILES string of the molecule is Cc1[nH]ncc1CNC(=O)c1nn(CC2CC2)c2c1COCC2. The molecule has 2 aromatic rings. The number of fused-ring (bicyclic) bond motifs is 1. The summed E-state index contributed by atoms with van der Waals surface area (Å²) >= 11 is 0. The molecule has 1 aliphatic carbocycles. The molecule has 0 saturated heterocycles. The minimum Gasteiger partial charge on any atom is -0.376 e. The number of nitrogens with zero attached hydrogens (tertiary/aromatic N) is 3. The van der Waals surface area contributed by atoms with Crippen molar-refractivity contribution in [3.05, 3.63) is 34.4 Å². The van der Waals surface area contributed by atoms with Gasteiger partial charge in [-0.3, -0.25) is 14.6 Å². The summed E-state index contributed by atoms with van der Waals surface area (Å²) in [4.78, 5) is 12.6. The number of hydrogen-bond acceptors (Lipinski definition) is 4. The third kappa shape index (κ3) is 2.88. The van der Waals surface area contributed by atoms with Crippen LogP contribution in [0.25, 0.3) is 0 Å². The van der Waals surface area contributed by atoms with E-state index in [0.717, 1.165) is 35.7 Å². The third-order valence-corrected chi connectivity index (χ3v) is 4.61. The van der Waals surface area contributed by atoms with Crippen LogP contribution in [0.3, 0.4) is 0 Å². The van der Waals surface area contributed by atoms with Crippen LogP contribution in [0.15, 0.2) is 6.20 Å². The molecule has 0 spiro atoms. The van der Waals surface area contributed by atoms with Crippen molar-refractivity contribution in [2.24, 2.45) is 5.92 Å². The molecule has 7 heteroatoms. The lowest BCUT2D eigenvalue weighted by Gasteiger charge is -2.14. The predicted molar refractivity (Wildman–Crippen MR) is 82.8 cm³/mol. The Labute approximate surface area is 134 Å². The molecule has 1 fully saturated rings. The van der Waals surface area contributed by atoms with Crippen molar-refractivity contribution >= 4 is 5.91 Å². The second-order valence-corrected chi connectivity index (χ2v) is 6.40. The second kappa shape index (κ2) is 5.81. The quantitative estimate of drug-likeness (QED) is 0.871. The number of ether oxygens (including phenoxy) is 1. The van der Waals surface area contributed by atoms with Gasteiger partial charge in [-0.15, -0.1) is 0 Å². The number of carbonyl (C=O) groups excluding carboxylic acids is 1. The van der Waals surface area contributed by atoms with Crippen molar-refractivity contribution in [2.75, 3.05) is 6.61 Å². The van der Waals surface area contributed by atoms with E-state index in [1.165, 1.54) is 18.5 Å². The lowest BCUT2D eigenvalue weighted by Crippen LogP contribution is -2.25. The summed E-state index contributed by atoms with van der Waals surface area (Å²) in [7, 11) is 0. The Morgan fingerprint density at radius 3 is 3.13 bits per heavy atom. The fourth-order valence-electron chi connectivity index (χ4n) is 3.00. The van der Waals surface area contributed by atoms with Crippen molar-refractivity contribution in [3.63, 3.8) is 0 Å². The molecule has 2 aromatic heterocycles. The van der Waals surface area contributed by atoms with E-state index >= 15 is 0 Å². The van der Waals surface area contributed by atoms with Gasteiger partial charge >= 0.3 is 0 Å². The van der Waals surface area contributed by atoms with Crippen LogP contribution in [-0.2, 0) is 30.9 Å². The maximum absolute atomic E-state index is 12.6. The predicted octanol–water partition coefficient (Wildman–Crippen LogP) is 1.33. The van der Waals surface area contributed by atoms with E-state index in [2.05, 4.69) is 20.6 Å². The van der Waals surface area contributed by atoms with E-state index in [-0.39, 0.29) is 5.91 Å². The van der Waals surface area contributed by atoms with E-state index in [1.54, 1.807) is 6.20 Å². The van der Waals surface area contributed by atoms with Crippen LogP contribution >= 0.6 is 0 Å². The number of amides is 1. The van der Waals surface area contributed by atoms with Gasteiger partial charge in [0.2, 0.25) is 0 Å². The zero-order valence-electron chi connectivity index (χ0n) is 13.3. The molecule has 0 bridgehead atoms. The summed E-state index contributed by atoms with van der Waals surface area (Å²) in [5, 5.41) is 14.4. The van der Waals surface area contributed by atoms with Crippen LogP contribution in [0.5, 0.6) is 0 Å². The Balaban J connectivity index is 1.53. The molecule has 7 nitrogen and oxygen atoms in total. The normalized spacial score (nSPS) is 17.1. The monoisotopic (exact) mass is 315 g/mol. The van der Waals surface area contributed by atoms with Crippen molar-refractivity contribution in [2.45, 2.75) is 45.9 Å². The van der Waals surface area contributed by atoms with E-state index in [4.69, 9.17) is 4.74 Å². The van der Waals surface area contributed by atoms with E-state index < -0.39 is 0 Å². The molecular weight excluding hydrogens is 294 g/mol. The molecular formula is C16H21N5O2. The van der Waals surface area contributed by atoms with Crippen LogP contribution < -0.4 is 5.32 Å². The van der Waals surface area contributed by atoms with Crippen molar-refractivity contribution in [3.8, 4) is 0 Å². The van der Waals surface area contributed by atoms with Crippen LogP contribution in [0.4, 0.5) is 0 Å². The van der Waals surface area contributed by atoms with Gasteiger partial charge in [0.15, 0.2) is 5.69 Å². The number of hydrogen-bond donors (Lipinski definition) is 2. The van der Waals surface area contributed by atoms with Gasteiger partial charge in [0.25, 0.3) is 5.91 Å². The smallest absolute Gasteiger partial charge is 0.272 e. The van der Waals surface area contributed by atoms with Gasteiger partial charge in [0.05, 0.1) is 19.4 Å². The standard InChI is InChI=1S/C16H21N5O2/c1-10-12(7-18-19-10)6-17-16(22)15-13-9-23-5-4-14(13)21(20-15)8-11-2-3-11/h7,11H,2-6,8-9H2,1H3,(H,17,22)(H,18,19). The summed E-state index contributed by atoms with van der Waals surface area (Å²) in [5.41, 5.74) is 4.60. The first-order valence-electron chi connectivity index (χ1n) is 8.15. The number of nitrogens with one attached hydrogen (secondary N) is 2. The summed E-state index contributed by atoms with van der Waals surface area (Å²) in [6.45, 7) is 4.50. The Kier molecular flexibility index (Phi) is 3.65. The van der Waals surface area contributed by atoms with Crippen LogP contribution in [0, 0.1) is 12.8 Å². The average Bonchev–Trinajstić information content (AvgIpc) is 3.17. The van der Waals surface area contributed by atoms with Gasteiger partial charge in [-0.2, -0.15) is 10.2 Å². The summed E-state index contributed by atoms with van der Waals surface area (Å²) < 4.78 is 7.58. The van der Waals surface area contributed by atoms with E-state index in [1.807, 2.05) is 11.6 Å². The van der Waals surface area contributed by atoms with Crippen LogP contribution in [0.2, 0.25) is 0 Å². The Hall–Kier alpha value is -2.15. The highest BCUT2D eigenvalue weighted by Crippen LogP contribution is 2.32. The largest absolute Gasteiger partial charge is 0.376 e. The Morgan fingerprint density at radius 1 is 1.52 bits per heavy atom. The van der Waals surface area contributed by atoms with Crippen LogP contribution in [-0.4, -0.2) is 32.5 Å². The van der Waals surface area contributed by atoms with E-state index in [9.17, 15) is 4.79 Å². The minimum absolute atomic E-state index is 0.137. The molecule has 1 amide bonds.